The second-order valence-corrected chi connectivity index (χ2v) is 16.5. The first kappa shape index (κ1) is 36.0. The molecule has 0 atom stereocenters. The number of allylic oxidation sites excluding steroid dienone is 4. The summed E-state index contributed by atoms with van der Waals surface area (Å²) >= 11 is 1.75. The Balaban J connectivity index is 0.973. The molecule has 1 aliphatic carbocycles. The number of fused-ring (bicyclic) bond motifs is 6. The topological polar surface area (TPSA) is 82.3 Å². The zero-order valence-electron chi connectivity index (χ0n) is 33.4. The average Bonchev–Trinajstić information content (AvgIpc) is 3.90. The first-order valence-electron chi connectivity index (χ1n) is 20.8. The van der Waals surface area contributed by atoms with Crippen LogP contribution in [-0.2, 0) is 0 Å². The molecule has 0 spiro atoms. The van der Waals surface area contributed by atoms with Gasteiger partial charge < -0.3 is 4.57 Å². The highest BCUT2D eigenvalue weighted by atomic mass is 32.1. The Bertz CT molecular complexity index is 3520. The second-order valence-electron chi connectivity index (χ2n) is 15.4. The number of thiophene rings is 1. The molecular weight excluding hydrogens is 779 g/mol. The standard InChI is InChI=1S/C54H35N7S/c1-4-15-34(16-5-1)49-55-50(35-17-6-2-7-18-35)58-53(57-49)38-29-32-47-44(33-38)42-23-14-24-43(48(42)62-47)54-59-51(36-19-8-3-9-20-36)56-52(60-54)37-27-30-39(31-28-37)61-45-25-12-10-21-40(45)41-22-11-13-26-46(41)61/h1-6,8-17,19-33H,7,18H2. The summed E-state index contributed by atoms with van der Waals surface area (Å²) in [7, 11) is 0. The summed E-state index contributed by atoms with van der Waals surface area (Å²) in [5.74, 6) is 3.91. The lowest BCUT2D eigenvalue weighted by Crippen LogP contribution is -2.03. The average molecular weight is 814 g/mol. The van der Waals surface area contributed by atoms with E-state index in [2.05, 4.69) is 132 Å². The van der Waals surface area contributed by atoms with Gasteiger partial charge in [0.05, 0.1) is 11.0 Å². The van der Waals surface area contributed by atoms with Gasteiger partial charge in [0.2, 0.25) is 0 Å². The van der Waals surface area contributed by atoms with Crippen molar-refractivity contribution in [2.24, 2.45) is 0 Å². The minimum Gasteiger partial charge on any atom is -0.309 e. The van der Waals surface area contributed by atoms with Crippen LogP contribution in [0.3, 0.4) is 0 Å². The van der Waals surface area contributed by atoms with Crippen molar-refractivity contribution >= 4 is 58.9 Å². The van der Waals surface area contributed by atoms with Crippen LogP contribution in [0.2, 0.25) is 0 Å². The summed E-state index contributed by atoms with van der Waals surface area (Å²) in [5, 5.41) is 4.72. The highest BCUT2D eigenvalue weighted by molar-refractivity contribution is 7.26. The van der Waals surface area contributed by atoms with Crippen molar-refractivity contribution in [2.75, 3.05) is 0 Å². The summed E-state index contributed by atoms with van der Waals surface area (Å²) < 4.78 is 4.59. The van der Waals surface area contributed by atoms with E-state index in [1.807, 2.05) is 60.7 Å². The molecule has 4 aromatic heterocycles. The highest BCUT2D eigenvalue weighted by Gasteiger charge is 2.20. The van der Waals surface area contributed by atoms with Crippen molar-refractivity contribution in [3.63, 3.8) is 0 Å². The number of benzene rings is 7. The van der Waals surface area contributed by atoms with E-state index in [1.165, 1.54) is 21.8 Å². The predicted octanol–water partition coefficient (Wildman–Crippen LogP) is 13.6. The summed E-state index contributed by atoms with van der Waals surface area (Å²) in [5.41, 5.74) is 9.23. The van der Waals surface area contributed by atoms with E-state index in [4.69, 9.17) is 29.9 Å². The lowest BCUT2D eigenvalue weighted by Gasteiger charge is -2.11. The molecule has 62 heavy (non-hydrogen) atoms. The van der Waals surface area contributed by atoms with Crippen molar-refractivity contribution < 1.29 is 0 Å². The molecule has 8 heteroatoms. The molecule has 0 amide bonds. The van der Waals surface area contributed by atoms with E-state index < -0.39 is 0 Å². The Morgan fingerprint density at radius 2 is 0.952 bits per heavy atom. The van der Waals surface area contributed by atoms with E-state index in [0.29, 0.717) is 29.1 Å². The van der Waals surface area contributed by atoms with Crippen molar-refractivity contribution in [3.8, 4) is 62.6 Å². The third-order valence-electron chi connectivity index (χ3n) is 11.6. The van der Waals surface area contributed by atoms with Crippen LogP contribution in [0.5, 0.6) is 0 Å². The Kier molecular flexibility index (Phi) is 8.67. The molecule has 292 valence electrons. The number of para-hydroxylation sites is 2. The van der Waals surface area contributed by atoms with Crippen LogP contribution in [0.25, 0.3) is 110 Å². The fourth-order valence-corrected chi connectivity index (χ4v) is 9.76. The first-order chi connectivity index (χ1) is 30.7. The zero-order valence-corrected chi connectivity index (χ0v) is 34.2. The molecule has 0 saturated carbocycles. The molecule has 0 fully saturated rings. The maximum absolute atomic E-state index is 5.21. The van der Waals surface area contributed by atoms with Gasteiger partial charge in [-0.05, 0) is 79.1 Å². The third kappa shape index (κ3) is 6.28. The van der Waals surface area contributed by atoms with Gasteiger partial charge in [-0.25, -0.2) is 29.9 Å². The fraction of sp³-hybridized carbons (Fsp3) is 0.0370. The summed E-state index contributed by atoms with van der Waals surface area (Å²) in [4.78, 5) is 30.5. The van der Waals surface area contributed by atoms with Crippen LogP contribution in [0.15, 0.2) is 188 Å². The van der Waals surface area contributed by atoms with Gasteiger partial charge in [0.1, 0.15) is 0 Å². The van der Waals surface area contributed by atoms with Gasteiger partial charge in [0.25, 0.3) is 0 Å². The number of nitrogens with zero attached hydrogens (tertiary/aromatic N) is 7. The fourth-order valence-electron chi connectivity index (χ4n) is 8.57. The molecule has 11 aromatic rings. The van der Waals surface area contributed by atoms with Gasteiger partial charge in [-0.1, -0.05) is 127 Å². The maximum atomic E-state index is 5.21. The van der Waals surface area contributed by atoms with Gasteiger partial charge in [-0.2, -0.15) is 0 Å². The van der Waals surface area contributed by atoms with Gasteiger partial charge in [-0.15, -0.1) is 11.3 Å². The van der Waals surface area contributed by atoms with E-state index in [-0.39, 0.29) is 0 Å². The molecule has 4 heterocycles. The van der Waals surface area contributed by atoms with E-state index in [9.17, 15) is 0 Å². The summed E-state index contributed by atoms with van der Waals surface area (Å²) in [6, 6.07) is 58.9. The summed E-state index contributed by atoms with van der Waals surface area (Å²) in [6.07, 6.45) is 8.25. The van der Waals surface area contributed by atoms with E-state index >= 15 is 0 Å². The molecule has 0 saturated heterocycles. The van der Waals surface area contributed by atoms with Crippen molar-refractivity contribution in [1.82, 2.24) is 34.5 Å². The molecule has 0 aliphatic heterocycles. The largest absolute Gasteiger partial charge is 0.309 e. The molecule has 0 unspecified atom stereocenters. The first-order valence-corrected chi connectivity index (χ1v) is 21.6. The van der Waals surface area contributed by atoms with Crippen LogP contribution in [0.4, 0.5) is 0 Å². The lowest BCUT2D eigenvalue weighted by atomic mass is 10.0. The van der Waals surface area contributed by atoms with Crippen LogP contribution in [0.1, 0.15) is 18.7 Å². The molecular formula is C54H35N7S. The molecule has 7 aromatic carbocycles. The minimum absolute atomic E-state index is 0.617. The van der Waals surface area contributed by atoms with E-state index in [0.717, 1.165) is 77.9 Å². The Labute approximate surface area is 361 Å². The van der Waals surface area contributed by atoms with E-state index in [1.54, 1.807) is 11.3 Å². The zero-order chi connectivity index (χ0) is 41.0. The molecule has 0 bridgehead atoms. The Morgan fingerprint density at radius 3 is 1.58 bits per heavy atom. The minimum atomic E-state index is 0.617. The third-order valence-corrected chi connectivity index (χ3v) is 12.8. The second kappa shape index (κ2) is 15.0. The van der Waals surface area contributed by atoms with Crippen molar-refractivity contribution in [2.45, 2.75) is 12.8 Å². The molecule has 1 aliphatic rings. The number of hydrogen-bond acceptors (Lipinski definition) is 7. The summed E-state index contributed by atoms with van der Waals surface area (Å²) in [6.45, 7) is 0. The number of rotatable bonds is 7. The Morgan fingerprint density at radius 1 is 0.419 bits per heavy atom. The van der Waals surface area contributed by atoms with Gasteiger partial charge in [-0.3, -0.25) is 0 Å². The van der Waals surface area contributed by atoms with Gasteiger partial charge >= 0.3 is 0 Å². The van der Waals surface area contributed by atoms with Crippen molar-refractivity contribution in [3.05, 3.63) is 194 Å². The number of aromatic nitrogens is 7. The van der Waals surface area contributed by atoms with Crippen LogP contribution >= 0.6 is 11.3 Å². The predicted molar refractivity (Wildman–Crippen MR) is 254 cm³/mol. The molecule has 12 rings (SSSR count). The SMILES string of the molecule is C1=CCCC(c2nc(-c3ccccc3)nc(-c3ccc4sc5c(-c6nc(-c7ccccc7)nc(-c7ccc(-n8c9ccccc9c9ccccc98)cc7)n6)cccc5c4c3)n2)=C1. The molecule has 0 N–H and O–H groups in total. The quantitative estimate of drug-likeness (QED) is 0.159. The van der Waals surface area contributed by atoms with Crippen molar-refractivity contribution in [1.29, 1.82) is 0 Å². The van der Waals surface area contributed by atoms with Crippen LogP contribution in [0, 0.1) is 0 Å². The number of hydrogen-bond donors (Lipinski definition) is 0. The van der Waals surface area contributed by atoms with Gasteiger partial charge in [0, 0.05) is 64.4 Å². The maximum Gasteiger partial charge on any atom is 0.165 e. The molecule has 0 radical (unpaired) electrons. The van der Waals surface area contributed by atoms with Gasteiger partial charge in [0.15, 0.2) is 34.9 Å². The lowest BCUT2D eigenvalue weighted by molar-refractivity contribution is 0.978. The Hall–Kier alpha value is -7.94. The normalized spacial score (nSPS) is 12.7. The highest BCUT2D eigenvalue weighted by Crippen LogP contribution is 2.41. The smallest absolute Gasteiger partial charge is 0.165 e. The monoisotopic (exact) mass is 813 g/mol. The van der Waals surface area contributed by atoms with Crippen LogP contribution in [-0.4, -0.2) is 34.5 Å². The molecule has 7 nitrogen and oxygen atoms in total. The van der Waals surface area contributed by atoms with Crippen LogP contribution < -0.4 is 0 Å².